The first-order chi connectivity index (χ1) is 17.8. The molecule has 0 aliphatic carbocycles. The van der Waals surface area contributed by atoms with Crippen LogP contribution in [0.4, 0.5) is 19.0 Å². The van der Waals surface area contributed by atoms with E-state index in [2.05, 4.69) is 62.6 Å². The molecular formula is C29H30F3N4P. The van der Waals surface area contributed by atoms with E-state index in [0.717, 1.165) is 48.9 Å². The van der Waals surface area contributed by atoms with Gasteiger partial charge in [0.2, 0.25) is 0 Å². The molecule has 1 aromatic heterocycles. The summed E-state index contributed by atoms with van der Waals surface area (Å²) in [4.78, 5) is 11.7. The third kappa shape index (κ3) is 5.94. The van der Waals surface area contributed by atoms with E-state index in [9.17, 15) is 13.2 Å². The molecule has 0 unspecified atom stereocenters. The molecule has 0 amide bonds. The van der Waals surface area contributed by atoms with Gasteiger partial charge in [-0.3, -0.25) is 4.90 Å². The fraction of sp³-hybridized carbons (Fsp3) is 0.310. The van der Waals surface area contributed by atoms with Crippen LogP contribution < -0.4 is 10.6 Å². The molecule has 4 nitrogen and oxygen atoms in total. The van der Waals surface area contributed by atoms with Crippen molar-refractivity contribution < 1.29 is 13.2 Å². The average Bonchev–Trinajstić information content (AvgIpc) is 2.88. The topological polar surface area (TPSA) is 41.1 Å². The molecule has 4 aromatic rings. The van der Waals surface area contributed by atoms with E-state index in [1.807, 2.05) is 13.0 Å². The number of nitrogens with zero attached hydrogens (tertiary/aromatic N) is 3. The lowest BCUT2D eigenvalue weighted by atomic mass is 10.0. The van der Waals surface area contributed by atoms with E-state index in [4.69, 9.17) is 0 Å². The molecule has 1 saturated heterocycles. The van der Waals surface area contributed by atoms with Gasteiger partial charge in [-0.1, -0.05) is 56.5 Å². The Morgan fingerprint density at radius 1 is 0.919 bits per heavy atom. The molecule has 0 saturated carbocycles. The van der Waals surface area contributed by atoms with Crippen LogP contribution in [0.5, 0.6) is 0 Å². The highest BCUT2D eigenvalue weighted by Gasteiger charge is 2.32. The van der Waals surface area contributed by atoms with Gasteiger partial charge in [-0.05, 0) is 66.4 Å². The minimum Gasteiger partial charge on any atom is -0.365 e. The Hall–Kier alpha value is -3.02. The normalized spacial score (nSPS) is 15.3. The lowest BCUT2D eigenvalue weighted by molar-refractivity contribution is -0.138. The zero-order chi connectivity index (χ0) is 26.0. The second-order valence-corrected chi connectivity index (χ2v) is 12.0. The highest BCUT2D eigenvalue weighted by molar-refractivity contribution is 7.65. The third-order valence-corrected chi connectivity index (χ3v) is 9.46. The van der Waals surface area contributed by atoms with Gasteiger partial charge in [0.05, 0.1) is 11.1 Å². The summed E-state index contributed by atoms with van der Waals surface area (Å²) in [6.45, 7) is 6.74. The molecule has 1 N–H and O–H groups in total. The van der Waals surface area contributed by atoms with Crippen LogP contribution in [0.25, 0.3) is 10.9 Å². The lowest BCUT2D eigenvalue weighted by Gasteiger charge is -2.32. The zero-order valence-electron chi connectivity index (χ0n) is 21.0. The van der Waals surface area contributed by atoms with E-state index in [0.29, 0.717) is 17.2 Å². The Balaban J connectivity index is 1.33. The number of fused-ring (bicyclic) bond motifs is 1. The second-order valence-electron chi connectivity index (χ2n) is 9.51. The number of nitrogens with one attached hydrogen (secondary N) is 1. The van der Waals surface area contributed by atoms with Crippen molar-refractivity contribution in [2.45, 2.75) is 33.1 Å². The summed E-state index contributed by atoms with van der Waals surface area (Å²) in [5.41, 5.74) is 2.43. The number of halogens is 3. The Morgan fingerprint density at radius 3 is 2.41 bits per heavy atom. The van der Waals surface area contributed by atoms with Crippen LogP contribution >= 0.6 is 7.92 Å². The number of anilines is 1. The molecule has 1 aliphatic rings. The van der Waals surface area contributed by atoms with E-state index in [1.54, 1.807) is 6.07 Å². The van der Waals surface area contributed by atoms with Crippen LogP contribution in [-0.4, -0.2) is 40.3 Å². The standard InChI is InChI=1S/C29H30F3N4P/c1-20-23(9-6-10-26(20)29(30,31)32)18-33-28-25-17-24(11-12-27(25)34-21(2)35-28)37-15-13-36(14-16-37)19-22-7-4-3-5-8-22/h3-12,17H,13-16,18-19H2,1-2H3,(H,33,34,35). The van der Waals surface area contributed by atoms with Gasteiger partial charge in [-0.15, -0.1) is 0 Å². The van der Waals surface area contributed by atoms with Gasteiger partial charge >= 0.3 is 6.18 Å². The summed E-state index contributed by atoms with van der Waals surface area (Å²) in [6, 6.07) is 21.3. The Morgan fingerprint density at radius 2 is 1.68 bits per heavy atom. The summed E-state index contributed by atoms with van der Waals surface area (Å²) in [6.07, 6.45) is -2.08. The Bertz CT molecular complexity index is 1380. The number of aryl methyl sites for hydroxylation is 1. The number of aromatic nitrogens is 2. The van der Waals surface area contributed by atoms with Crippen LogP contribution in [-0.2, 0) is 19.3 Å². The van der Waals surface area contributed by atoms with Crippen LogP contribution in [0.15, 0.2) is 66.7 Å². The predicted molar refractivity (Wildman–Crippen MR) is 146 cm³/mol. The number of hydrogen-bond acceptors (Lipinski definition) is 4. The maximum absolute atomic E-state index is 13.4. The van der Waals surface area contributed by atoms with Gasteiger partial charge in [-0.2, -0.15) is 13.2 Å². The fourth-order valence-corrected chi connectivity index (χ4v) is 7.32. The van der Waals surface area contributed by atoms with Crippen molar-refractivity contribution in [3.63, 3.8) is 0 Å². The molecule has 3 aromatic carbocycles. The first-order valence-electron chi connectivity index (χ1n) is 12.5. The monoisotopic (exact) mass is 522 g/mol. The maximum Gasteiger partial charge on any atom is 0.416 e. The summed E-state index contributed by atoms with van der Waals surface area (Å²) in [5, 5.41) is 5.55. The SMILES string of the molecule is Cc1nc(NCc2cccc(C(F)(F)F)c2C)c2cc(P3CCN(Cc4ccccc4)CC3)ccc2n1. The molecule has 1 fully saturated rings. The molecule has 0 atom stereocenters. The maximum atomic E-state index is 13.4. The molecule has 192 valence electrons. The predicted octanol–water partition coefficient (Wildman–Crippen LogP) is 6.50. The summed E-state index contributed by atoms with van der Waals surface area (Å²) >= 11 is 0. The minimum absolute atomic E-state index is 0.240. The van der Waals surface area contributed by atoms with E-state index >= 15 is 0 Å². The first kappa shape index (κ1) is 25.6. The van der Waals surface area contributed by atoms with E-state index in [-0.39, 0.29) is 20.0 Å². The van der Waals surface area contributed by atoms with Gasteiger partial charge < -0.3 is 5.32 Å². The summed E-state index contributed by atoms with van der Waals surface area (Å²) in [7, 11) is -0.287. The number of rotatable bonds is 6. The number of hydrogen-bond donors (Lipinski definition) is 1. The van der Waals surface area contributed by atoms with Crippen molar-refractivity contribution in [3.8, 4) is 0 Å². The third-order valence-electron chi connectivity index (χ3n) is 6.98. The molecule has 37 heavy (non-hydrogen) atoms. The van der Waals surface area contributed by atoms with Crippen molar-refractivity contribution in [2.75, 3.05) is 30.7 Å². The Labute approximate surface area is 216 Å². The molecule has 1 aliphatic heterocycles. The second kappa shape index (κ2) is 10.8. The smallest absolute Gasteiger partial charge is 0.365 e. The number of alkyl halides is 3. The first-order valence-corrected chi connectivity index (χ1v) is 14.2. The van der Waals surface area contributed by atoms with E-state index in [1.165, 1.54) is 23.9 Å². The summed E-state index contributed by atoms with van der Waals surface area (Å²) in [5.74, 6) is 1.29. The largest absolute Gasteiger partial charge is 0.416 e. The molecule has 8 heteroatoms. The van der Waals surface area contributed by atoms with Crippen LogP contribution in [0.3, 0.4) is 0 Å². The van der Waals surface area contributed by atoms with Gasteiger partial charge in [-0.25, -0.2) is 9.97 Å². The van der Waals surface area contributed by atoms with Crippen LogP contribution in [0.2, 0.25) is 0 Å². The van der Waals surface area contributed by atoms with Crippen molar-refractivity contribution >= 4 is 29.9 Å². The lowest BCUT2D eigenvalue weighted by Crippen LogP contribution is -2.35. The minimum atomic E-state index is -4.37. The van der Waals surface area contributed by atoms with Crippen molar-refractivity contribution in [1.29, 1.82) is 0 Å². The molecule has 2 heterocycles. The number of benzene rings is 3. The molecule has 5 rings (SSSR count). The zero-order valence-corrected chi connectivity index (χ0v) is 21.9. The van der Waals surface area contributed by atoms with Crippen molar-refractivity contribution in [2.24, 2.45) is 0 Å². The molecular weight excluding hydrogens is 492 g/mol. The van der Waals surface area contributed by atoms with Crippen molar-refractivity contribution in [1.82, 2.24) is 14.9 Å². The van der Waals surface area contributed by atoms with Crippen LogP contribution in [0.1, 0.15) is 28.1 Å². The highest BCUT2D eigenvalue weighted by atomic mass is 31.1. The van der Waals surface area contributed by atoms with Gasteiger partial charge in [0.15, 0.2) is 0 Å². The van der Waals surface area contributed by atoms with E-state index < -0.39 is 11.7 Å². The molecule has 0 bridgehead atoms. The molecule has 0 spiro atoms. The van der Waals surface area contributed by atoms with Crippen molar-refractivity contribution in [3.05, 3.63) is 94.8 Å². The average molecular weight is 523 g/mol. The Kier molecular flexibility index (Phi) is 7.45. The van der Waals surface area contributed by atoms with Gasteiger partial charge in [0.25, 0.3) is 0 Å². The quantitative estimate of drug-likeness (QED) is 0.294. The van der Waals surface area contributed by atoms with Gasteiger partial charge in [0.1, 0.15) is 11.6 Å². The molecule has 0 radical (unpaired) electrons. The summed E-state index contributed by atoms with van der Waals surface area (Å²) < 4.78 is 40.1. The van der Waals surface area contributed by atoms with Gasteiger partial charge in [0, 0.05) is 31.6 Å². The fourth-order valence-electron chi connectivity index (χ4n) is 4.93. The highest BCUT2D eigenvalue weighted by Crippen LogP contribution is 2.38. The van der Waals surface area contributed by atoms with Crippen LogP contribution in [0, 0.1) is 13.8 Å².